The predicted octanol–water partition coefficient (Wildman–Crippen LogP) is 2.22. The van der Waals surface area contributed by atoms with Gasteiger partial charge in [0.2, 0.25) is 0 Å². The molecule has 0 saturated carbocycles. The summed E-state index contributed by atoms with van der Waals surface area (Å²) in [6.07, 6.45) is 5.02. The smallest absolute Gasteiger partial charge is 0.194 e. The molecular weight excluding hydrogens is 184 g/mol. The van der Waals surface area contributed by atoms with Crippen LogP contribution in [-0.2, 0) is 9.53 Å². The Morgan fingerprint density at radius 1 is 1.54 bits per heavy atom. The summed E-state index contributed by atoms with van der Waals surface area (Å²) in [5, 5.41) is 0.369. The zero-order chi connectivity index (χ0) is 9.26. The lowest BCUT2D eigenvalue weighted by molar-refractivity contribution is -0.115. The van der Waals surface area contributed by atoms with Crippen LogP contribution in [0.3, 0.4) is 0 Å². The molecule has 0 spiro atoms. The second-order valence-electron chi connectivity index (χ2n) is 3.88. The molecule has 0 aromatic heterocycles. The van der Waals surface area contributed by atoms with E-state index in [1.165, 1.54) is 18.2 Å². The van der Waals surface area contributed by atoms with Crippen molar-refractivity contribution in [1.29, 1.82) is 0 Å². The largest absolute Gasteiger partial charge is 0.374 e. The molecule has 2 aliphatic heterocycles. The molecule has 2 rings (SSSR count). The van der Waals surface area contributed by atoms with Crippen molar-refractivity contribution in [2.75, 3.05) is 5.75 Å². The zero-order valence-electron chi connectivity index (χ0n) is 7.99. The Bertz CT molecular complexity index is 205. The van der Waals surface area contributed by atoms with Crippen molar-refractivity contribution < 1.29 is 9.53 Å². The molecular formula is C10H16O2S. The number of rotatable bonds is 3. The SMILES string of the molecule is CCCSC(=O)C1CC2CCC1O2. The molecule has 0 aromatic carbocycles. The van der Waals surface area contributed by atoms with Crippen LogP contribution < -0.4 is 0 Å². The maximum absolute atomic E-state index is 11.7. The minimum absolute atomic E-state index is 0.218. The Balaban J connectivity index is 1.84. The van der Waals surface area contributed by atoms with Crippen molar-refractivity contribution in [2.45, 2.75) is 44.8 Å². The number of fused-ring (bicyclic) bond motifs is 2. The molecule has 0 aromatic rings. The first kappa shape index (κ1) is 9.53. The zero-order valence-corrected chi connectivity index (χ0v) is 8.81. The van der Waals surface area contributed by atoms with Gasteiger partial charge in [0.25, 0.3) is 0 Å². The quantitative estimate of drug-likeness (QED) is 0.698. The molecule has 3 atom stereocenters. The van der Waals surface area contributed by atoms with Gasteiger partial charge in [-0.25, -0.2) is 0 Å². The summed E-state index contributed by atoms with van der Waals surface area (Å²) < 4.78 is 5.65. The van der Waals surface area contributed by atoms with E-state index >= 15 is 0 Å². The fourth-order valence-electron chi connectivity index (χ4n) is 2.20. The fraction of sp³-hybridized carbons (Fsp3) is 0.900. The lowest BCUT2D eigenvalue weighted by atomic mass is 9.90. The standard InChI is InChI=1S/C10H16O2S/c1-2-5-13-10(11)8-6-7-3-4-9(8)12-7/h7-9H,2-6H2,1H3. The number of ether oxygens (including phenoxy) is 1. The maximum Gasteiger partial charge on any atom is 0.194 e. The second kappa shape index (κ2) is 4.01. The van der Waals surface area contributed by atoms with Crippen molar-refractivity contribution in [1.82, 2.24) is 0 Å². The molecule has 2 bridgehead atoms. The second-order valence-corrected chi connectivity index (χ2v) is 4.98. The summed E-state index contributed by atoms with van der Waals surface area (Å²) in [6.45, 7) is 2.11. The van der Waals surface area contributed by atoms with Gasteiger partial charge >= 0.3 is 0 Å². The summed E-state index contributed by atoms with van der Waals surface area (Å²) in [4.78, 5) is 11.7. The number of carbonyl (C=O) groups is 1. The third-order valence-corrected chi connectivity index (χ3v) is 4.06. The van der Waals surface area contributed by atoms with Crippen LogP contribution in [0.5, 0.6) is 0 Å². The highest BCUT2D eigenvalue weighted by Crippen LogP contribution is 2.40. The van der Waals surface area contributed by atoms with E-state index in [-0.39, 0.29) is 12.0 Å². The third-order valence-electron chi connectivity index (χ3n) is 2.86. The number of carbonyl (C=O) groups excluding carboxylic acids is 1. The monoisotopic (exact) mass is 200 g/mol. The van der Waals surface area contributed by atoms with Gasteiger partial charge in [-0.3, -0.25) is 4.79 Å². The van der Waals surface area contributed by atoms with Gasteiger partial charge in [-0.15, -0.1) is 0 Å². The minimum Gasteiger partial charge on any atom is -0.374 e. The highest BCUT2D eigenvalue weighted by molar-refractivity contribution is 8.13. The van der Waals surface area contributed by atoms with E-state index in [1.807, 2.05) is 0 Å². The molecule has 0 N–H and O–H groups in total. The summed E-state index contributed by atoms with van der Waals surface area (Å²) >= 11 is 1.49. The third kappa shape index (κ3) is 1.91. The summed E-state index contributed by atoms with van der Waals surface area (Å²) in [5.41, 5.74) is 0. The van der Waals surface area contributed by atoms with E-state index in [1.54, 1.807) is 0 Å². The van der Waals surface area contributed by atoms with Gasteiger partial charge in [-0.2, -0.15) is 0 Å². The van der Waals surface area contributed by atoms with Gasteiger partial charge in [-0.1, -0.05) is 18.7 Å². The lowest BCUT2D eigenvalue weighted by Crippen LogP contribution is -2.23. The van der Waals surface area contributed by atoms with Gasteiger partial charge < -0.3 is 4.74 Å². The minimum atomic E-state index is 0.218. The number of hydrogen-bond donors (Lipinski definition) is 0. The molecule has 2 saturated heterocycles. The van der Waals surface area contributed by atoms with Crippen molar-refractivity contribution in [3.8, 4) is 0 Å². The van der Waals surface area contributed by atoms with Crippen LogP contribution in [0.4, 0.5) is 0 Å². The van der Waals surface area contributed by atoms with Crippen LogP contribution in [0.2, 0.25) is 0 Å². The topological polar surface area (TPSA) is 26.3 Å². The Labute approximate surface area is 83.4 Å². The number of thioether (sulfide) groups is 1. The van der Waals surface area contributed by atoms with Gasteiger partial charge in [-0.05, 0) is 25.7 Å². The molecule has 3 unspecified atom stereocenters. The van der Waals surface area contributed by atoms with E-state index < -0.39 is 0 Å². The van der Waals surface area contributed by atoms with Crippen LogP contribution in [0.15, 0.2) is 0 Å². The van der Waals surface area contributed by atoms with E-state index in [0.29, 0.717) is 11.2 Å². The fourth-order valence-corrected chi connectivity index (χ4v) is 3.06. The van der Waals surface area contributed by atoms with Crippen LogP contribution in [0.1, 0.15) is 32.6 Å². The van der Waals surface area contributed by atoms with Gasteiger partial charge in [0.15, 0.2) is 5.12 Å². The molecule has 13 heavy (non-hydrogen) atoms. The first-order valence-corrected chi connectivity index (χ1v) is 6.12. The summed E-state index contributed by atoms with van der Waals surface area (Å²) in [5.74, 6) is 1.18. The van der Waals surface area contributed by atoms with Crippen LogP contribution in [0.25, 0.3) is 0 Å². The Kier molecular flexibility index (Phi) is 2.94. The van der Waals surface area contributed by atoms with Crippen molar-refractivity contribution in [3.63, 3.8) is 0 Å². The first-order valence-electron chi connectivity index (χ1n) is 5.13. The van der Waals surface area contributed by atoms with Crippen LogP contribution >= 0.6 is 11.8 Å². The van der Waals surface area contributed by atoms with E-state index in [2.05, 4.69) is 6.92 Å². The van der Waals surface area contributed by atoms with Crippen LogP contribution in [0, 0.1) is 5.92 Å². The molecule has 74 valence electrons. The molecule has 2 heterocycles. The summed E-state index contributed by atoms with van der Waals surface area (Å²) in [6, 6.07) is 0. The Morgan fingerprint density at radius 2 is 2.38 bits per heavy atom. The van der Waals surface area contributed by atoms with Crippen molar-refractivity contribution in [2.24, 2.45) is 5.92 Å². The average Bonchev–Trinajstić information content (AvgIpc) is 2.74. The van der Waals surface area contributed by atoms with E-state index in [4.69, 9.17) is 4.74 Å². The van der Waals surface area contributed by atoms with Gasteiger partial charge in [0, 0.05) is 5.75 Å². The Morgan fingerprint density at radius 3 is 2.92 bits per heavy atom. The Hall–Kier alpha value is -0.0200. The van der Waals surface area contributed by atoms with Gasteiger partial charge in [0.1, 0.15) is 0 Å². The molecule has 2 fully saturated rings. The summed E-state index contributed by atoms with van der Waals surface area (Å²) in [7, 11) is 0. The van der Waals surface area contributed by atoms with Crippen molar-refractivity contribution in [3.05, 3.63) is 0 Å². The van der Waals surface area contributed by atoms with Gasteiger partial charge in [0.05, 0.1) is 18.1 Å². The lowest BCUT2D eigenvalue weighted by Gasteiger charge is -2.16. The highest BCUT2D eigenvalue weighted by atomic mass is 32.2. The predicted molar refractivity (Wildman–Crippen MR) is 53.8 cm³/mol. The normalized spacial score (nSPS) is 36.8. The molecule has 0 amide bonds. The molecule has 3 heteroatoms. The molecule has 2 aliphatic rings. The van der Waals surface area contributed by atoms with E-state index in [0.717, 1.165) is 25.0 Å². The maximum atomic E-state index is 11.7. The highest BCUT2D eigenvalue weighted by Gasteiger charge is 2.44. The average molecular weight is 200 g/mol. The first-order chi connectivity index (χ1) is 6.31. The molecule has 0 radical (unpaired) electrons. The van der Waals surface area contributed by atoms with E-state index in [9.17, 15) is 4.79 Å². The van der Waals surface area contributed by atoms with Crippen LogP contribution in [-0.4, -0.2) is 23.1 Å². The molecule has 2 nitrogen and oxygen atoms in total. The molecule has 0 aliphatic carbocycles. The number of hydrogen-bond acceptors (Lipinski definition) is 3. The van der Waals surface area contributed by atoms with Crippen molar-refractivity contribution >= 4 is 16.9 Å².